The SMILES string of the molecule is CC(C)CN1C(=O)c2cccc(N=Nc3c(O)n(Cc4ccccc4)c(=O)n(Cc4ccccc4)c3=O)c2C1=O. The van der Waals surface area contributed by atoms with E-state index in [-0.39, 0.29) is 42.4 Å². The third-order valence-corrected chi connectivity index (χ3v) is 6.53. The molecule has 2 heterocycles. The summed E-state index contributed by atoms with van der Waals surface area (Å²) in [7, 11) is 0. The predicted octanol–water partition coefficient (Wildman–Crippen LogP) is 4.48. The molecule has 2 amide bonds. The van der Waals surface area contributed by atoms with Crippen molar-refractivity contribution in [3.63, 3.8) is 0 Å². The van der Waals surface area contributed by atoms with Gasteiger partial charge in [0.15, 0.2) is 0 Å². The van der Waals surface area contributed by atoms with Gasteiger partial charge in [0.25, 0.3) is 17.4 Å². The van der Waals surface area contributed by atoms with Gasteiger partial charge in [0.2, 0.25) is 11.6 Å². The van der Waals surface area contributed by atoms with Gasteiger partial charge in [0, 0.05) is 6.54 Å². The zero-order chi connectivity index (χ0) is 28.4. The molecule has 1 N–H and O–H groups in total. The molecule has 5 rings (SSSR count). The lowest BCUT2D eigenvalue weighted by Crippen LogP contribution is -2.40. The van der Waals surface area contributed by atoms with Crippen LogP contribution >= 0.6 is 0 Å². The van der Waals surface area contributed by atoms with Crippen LogP contribution in [0.15, 0.2) is 98.7 Å². The largest absolute Gasteiger partial charge is 0.493 e. The molecule has 3 aromatic carbocycles. The van der Waals surface area contributed by atoms with Crippen molar-refractivity contribution in [2.45, 2.75) is 26.9 Å². The fourth-order valence-corrected chi connectivity index (χ4v) is 4.61. The molecule has 10 heteroatoms. The molecule has 1 aliphatic heterocycles. The predicted molar refractivity (Wildman–Crippen MR) is 149 cm³/mol. The minimum atomic E-state index is -0.837. The highest BCUT2D eigenvalue weighted by molar-refractivity contribution is 6.23. The lowest BCUT2D eigenvalue weighted by Gasteiger charge is -2.15. The van der Waals surface area contributed by atoms with Gasteiger partial charge in [-0.05, 0) is 29.2 Å². The summed E-state index contributed by atoms with van der Waals surface area (Å²) >= 11 is 0. The van der Waals surface area contributed by atoms with Gasteiger partial charge in [-0.3, -0.25) is 28.4 Å². The maximum atomic E-state index is 13.5. The number of azo groups is 1. The summed E-state index contributed by atoms with van der Waals surface area (Å²) in [5.74, 6) is -1.50. The number of fused-ring (bicyclic) bond motifs is 1. The maximum absolute atomic E-state index is 13.5. The lowest BCUT2D eigenvalue weighted by molar-refractivity contribution is 0.0636. The molecule has 40 heavy (non-hydrogen) atoms. The van der Waals surface area contributed by atoms with Crippen LogP contribution < -0.4 is 11.2 Å². The van der Waals surface area contributed by atoms with Gasteiger partial charge < -0.3 is 5.11 Å². The highest BCUT2D eigenvalue weighted by atomic mass is 16.3. The summed E-state index contributed by atoms with van der Waals surface area (Å²) in [5, 5.41) is 19.3. The number of imide groups is 1. The summed E-state index contributed by atoms with van der Waals surface area (Å²) in [6.07, 6.45) is 0. The number of nitrogens with zero attached hydrogens (tertiary/aromatic N) is 5. The minimum absolute atomic E-state index is 0.0129. The molecule has 0 fully saturated rings. The van der Waals surface area contributed by atoms with E-state index in [1.807, 2.05) is 26.0 Å². The quantitative estimate of drug-likeness (QED) is 0.262. The topological polar surface area (TPSA) is 126 Å². The number of hydrogen-bond donors (Lipinski definition) is 1. The number of aromatic nitrogens is 2. The monoisotopic (exact) mass is 537 g/mol. The Hall–Kier alpha value is -5.12. The van der Waals surface area contributed by atoms with Gasteiger partial charge in [0.1, 0.15) is 0 Å². The van der Waals surface area contributed by atoms with Crippen LogP contribution in [-0.4, -0.2) is 37.5 Å². The first-order chi connectivity index (χ1) is 19.3. The van der Waals surface area contributed by atoms with Crippen molar-refractivity contribution in [3.8, 4) is 5.88 Å². The molecule has 0 atom stereocenters. The Bertz CT molecular complexity index is 1740. The van der Waals surface area contributed by atoms with Gasteiger partial charge in [-0.25, -0.2) is 4.79 Å². The van der Waals surface area contributed by atoms with Crippen LogP contribution in [0.3, 0.4) is 0 Å². The zero-order valence-electron chi connectivity index (χ0n) is 22.0. The molecule has 202 valence electrons. The molecule has 0 spiro atoms. The average Bonchev–Trinajstić information content (AvgIpc) is 3.19. The number of benzene rings is 3. The van der Waals surface area contributed by atoms with E-state index < -0.39 is 34.6 Å². The maximum Gasteiger partial charge on any atom is 0.334 e. The Labute approximate surface area is 229 Å². The first-order valence-corrected chi connectivity index (χ1v) is 12.8. The van der Waals surface area contributed by atoms with Crippen molar-refractivity contribution < 1.29 is 14.7 Å². The molecule has 0 radical (unpaired) electrons. The van der Waals surface area contributed by atoms with E-state index in [0.717, 1.165) is 14.7 Å². The molecular formula is C30H27N5O5. The van der Waals surface area contributed by atoms with Crippen LogP contribution in [-0.2, 0) is 13.1 Å². The van der Waals surface area contributed by atoms with Crippen LogP contribution in [0.1, 0.15) is 45.7 Å². The molecule has 1 aromatic heterocycles. The van der Waals surface area contributed by atoms with Crippen molar-refractivity contribution in [2.24, 2.45) is 16.1 Å². The normalized spacial score (nSPS) is 13.0. The van der Waals surface area contributed by atoms with Crippen LogP contribution in [0.4, 0.5) is 11.4 Å². The zero-order valence-corrected chi connectivity index (χ0v) is 22.0. The molecule has 0 bridgehead atoms. The molecule has 10 nitrogen and oxygen atoms in total. The van der Waals surface area contributed by atoms with Crippen LogP contribution in [0.5, 0.6) is 5.88 Å². The second-order valence-electron chi connectivity index (χ2n) is 9.92. The van der Waals surface area contributed by atoms with Gasteiger partial charge >= 0.3 is 5.69 Å². The minimum Gasteiger partial charge on any atom is -0.493 e. The van der Waals surface area contributed by atoms with Crippen molar-refractivity contribution in [1.82, 2.24) is 14.0 Å². The molecule has 1 aliphatic rings. The summed E-state index contributed by atoms with van der Waals surface area (Å²) in [4.78, 5) is 54.0. The smallest absolute Gasteiger partial charge is 0.334 e. The summed E-state index contributed by atoms with van der Waals surface area (Å²) in [6, 6.07) is 22.6. The molecular weight excluding hydrogens is 510 g/mol. The van der Waals surface area contributed by atoms with E-state index in [1.54, 1.807) is 60.7 Å². The molecule has 4 aromatic rings. The lowest BCUT2D eigenvalue weighted by atomic mass is 10.1. The van der Waals surface area contributed by atoms with E-state index >= 15 is 0 Å². The fourth-order valence-electron chi connectivity index (χ4n) is 4.61. The van der Waals surface area contributed by atoms with Gasteiger partial charge in [-0.2, -0.15) is 0 Å². The molecule has 0 saturated carbocycles. The number of hydrogen-bond acceptors (Lipinski definition) is 7. The Morgan fingerprint density at radius 3 is 1.93 bits per heavy atom. The first-order valence-electron chi connectivity index (χ1n) is 12.8. The summed E-state index contributed by atoms with van der Waals surface area (Å²) in [5.41, 5.74) is -0.216. The highest BCUT2D eigenvalue weighted by Crippen LogP contribution is 2.33. The third kappa shape index (κ3) is 4.98. The highest BCUT2D eigenvalue weighted by Gasteiger charge is 2.37. The van der Waals surface area contributed by atoms with Crippen LogP contribution in [0.25, 0.3) is 0 Å². The van der Waals surface area contributed by atoms with E-state index in [2.05, 4.69) is 10.2 Å². The number of rotatable bonds is 8. The van der Waals surface area contributed by atoms with Gasteiger partial charge in [-0.15, -0.1) is 10.2 Å². The van der Waals surface area contributed by atoms with Gasteiger partial charge in [0.05, 0.1) is 29.9 Å². The number of carbonyl (C=O) groups is 2. The second kappa shape index (κ2) is 10.9. The van der Waals surface area contributed by atoms with E-state index in [9.17, 15) is 24.3 Å². The van der Waals surface area contributed by atoms with Crippen molar-refractivity contribution in [2.75, 3.05) is 6.54 Å². The number of carbonyl (C=O) groups excluding carboxylic acids is 2. The standard InChI is InChI=1S/C30H27N5O5/c1-19(2)16-33-26(36)22-14-9-15-23(24(22)27(33)37)31-32-25-28(38)34(17-20-10-5-3-6-11-20)30(40)35(29(25)39)18-21-12-7-4-8-13-21/h3-15,19,38H,16-18H2,1-2H3. The van der Waals surface area contributed by atoms with Crippen LogP contribution in [0, 0.1) is 5.92 Å². The Morgan fingerprint density at radius 1 is 0.725 bits per heavy atom. The molecule has 0 unspecified atom stereocenters. The number of aromatic hydroxyl groups is 1. The summed E-state index contributed by atoms with van der Waals surface area (Å²) in [6.45, 7) is 3.99. The van der Waals surface area contributed by atoms with Crippen molar-refractivity contribution >= 4 is 23.2 Å². The van der Waals surface area contributed by atoms with E-state index in [1.165, 1.54) is 11.0 Å². The Morgan fingerprint density at radius 2 is 1.32 bits per heavy atom. The number of amides is 2. The van der Waals surface area contributed by atoms with E-state index in [0.29, 0.717) is 5.56 Å². The van der Waals surface area contributed by atoms with Crippen molar-refractivity contribution in [3.05, 3.63) is 122 Å². The molecule has 0 aliphatic carbocycles. The third-order valence-electron chi connectivity index (χ3n) is 6.53. The van der Waals surface area contributed by atoms with E-state index in [4.69, 9.17) is 0 Å². The molecule has 0 saturated heterocycles. The van der Waals surface area contributed by atoms with Crippen LogP contribution in [0.2, 0.25) is 0 Å². The average molecular weight is 538 g/mol. The first kappa shape index (κ1) is 26.5. The second-order valence-corrected chi connectivity index (χ2v) is 9.92. The van der Waals surface area contributed by atoms with Gasteiger partial charge in [-0.1, -0.05) is 80.6 Å². The van der Waals surface area contributed by atoms with Crippen molar-refractivity contribution in [1.29, 1.82) is 0 Å². The Balaban J connectivity index is 1.62. The summed E-state index contributed by atoms with van der Waals surface area (Å²) < 4.78 is 2.04. The fraction of sp³-hybridized carbons (Fsp3) is 0.200. The Kier molecular flexibility index (Phi) is 7.24.